The van der Waals surface area contributed by atoms with Crippen molar-refractivity contribution < 1.29 is 13.9 Å². The zero-order chi connectivity index (χ0) is 12.6. The molecule has 2 aliphatic heterocycles. The van der Waals surface area contributed by atoms with Crippen molar-refractivity contribution in [2.75, 3.05) is 13.2 Å². The van der Waals surface area contributed by atoms with Crippen LogP contribution in [0.2, 0.25) is 0 Å². The quantitative estimate of drug-likeness (QED) is 0.824. The van der Waals surface area contributed by atoms with E-state index >= 15 is 0 Å². The Bertz CT molecular complexity index is 442. The fraction of sp³-hybridized carbons (Fsp3) is 0.500. The van der Waals surface area contributed by atoms with Gasteiger partial charge in [-0.05, 0) is 24.3 Å². The molecule has 0 aromatic heterocycles. The van der Waals surface area contributed by atoms with Crippen LogP contribution < -0.4 is 0 Å². The van der Waals surface area contributed by atoms with E-state index in [4.69, 9.17) is 4.74 Å². The van der Waals surface area contributed by atoms with Gasteiger partial charge in [0.1, 0.15) is 13.3 Å². The number of carbonyl (C=O) groups is 1. The fourth-order valence-corrected chi connectivity index (χ4v) is 3.06. The zero-order valence-corrected chi connectivity index (χ0v) is 10.1. The van der Waals surface area contributed by atoms with Gasteiger partial charge in [0, 0.05) is 6.54 Å². The van der Waals surface area contributed by atoms with Crippen molar-refractivity contribution in [2.45, 2.75) is 25.0 Å². The number of rotatable bonds is 3. The third kappa shape index (κ3) is 1.76. The molecule has 4 rings (SSSR count). The molecular formula is C14H16FNO2. The average molecular weight is 249 g/mol. The summed E-state index contributed by atoms with van der Waals surface area (Å²) in [6, 6.07) is 9.53. The number of nitrogens with zero attached hydrogens (tertiary/aromatic N) is 1. The second-order valence-electron chi connectivity index (χ2n) is 5.28. The highest BCUT2D eigenvalue weighted by Crippen LogP contribution is 2.50. The van der Waals surface area contributed by atoms with Gasteiger partial charge in [-0.1, -0.05) is 30.3 Å². The van der Waals surface area contributed by atoms with E-state index in [1.807, 2.05) is 30.3 Å². The van der Waals surface area contributed by atoms with Crippen molar-refractivity contribution in [2.24, 2.45) is 5.92 Å². The molecule has 0 unspecified atom stereocenters. The van der Waals surface area contributed by atoms with Crippen molar-refractivity contribution in [1.82, 2.24) is 4.90 Å². The Kier molecular flexibility index (Phi) is 2.73. The molecule has 1 aliphatic carbocycles. The summed E-state index contributed by atoms with van der Waals surface area (Å²) >= 11 is 0. The largest absolute Gasteiger partial charge is 0.445 e. The van der Waals surface area contributed by atoms with Crippen LogP contribution in [0.4, 0.5) is 9.18 Å². The third-order valence-electron chi connectivity index (χ3n) is 4.02. The average Bonchev–Trinajstić information content (AvgIpc) is 2.92. The lowest BCUT2D eigenvalue weighted by Crippen LogP contribution is -2.50. The van der Waals surface area contributed by atoms with Gasteiger partial charge in [-0.25, -0.2) is 9.18 Å². The molecule has 1 saturated carbocycles. The van der Waals surface area contributed by atoms with Gasteiger partial charge in [-0.2, -0.15) is 0 Å². The van der Waals surface area contributed by atoms with E-state index < -0.39 is 12.2 Å². The number of carbonyl (C=O) groups excluding carboxylic acids is 1. The minimum atomic E-state index is -0.543. The van der Waals surface area contributed by atoms with E-state index in [2.05, 4.69) is 0 Å². The molecule has 3 aliphatic rings. The molecule has 0 N–H and O–H groups in total. The van der Waals surface area contributed by atoms with E-state index in [9.17, 15) is 9.18 Å². The Labute approximate surface area is 106 Å². The van der Waals surface area contributed by atoms with Gasteiger partial charge in [0.2, 0.25) is 0 Å². The molecule has 4 heteroatoms. The molecule has 18 heavy (non-hydrogen) atoms. The molecule has 1 amide bonds. The lowest BCUT2D eigenvalue weighted by molar-refractivity contribution is 0.0454. The number of alkyl halides is 1. The van der Waals surface area contributed by atoms with Gasteiger partial charge in [-0.15, -0.1) is 0 Å². The standard InChI is InChI=1S/C14H16FNO2/c15-10-14-6-12(7-14)8-16(14)13(17)18-9-11-4-2-1-3-5-11/h1-5,12H,6-10H2. The van der Waals surface area contributed by atoms with Crippen molar-refractivity contribution >= 4 is 6.09 Å². The normalized spacial score (nSPS) is 28.9. The first-order valence-corrected chi connectivity index (χ1v) is 6.28. The Morgan fingerprint density at radius 1 is 1.39 bits per heavy atom. The number of hydrogen-bond acceptors (Lipinski definition) is 2. The van der Waals surface area contributed by atoms with Crippen molar-refractivity contribution in [3.05, 3.63) is 35.9 Å². The van der Waals surface area contributed by atoms with Crippen LogP contribution in [0.15, 0.2) is 30.3 Å². The van der Waals surface area contributed by atoms with Crippen LogP contribution in [0.5, 0.6) is 0 Å². The summed E-state index contributed by atoms with van der Waals surface area (Å²) in [6.45, 7) is 0.449. The van der Waals surface area contributed by atoms with Crippen LogP contribution >= 0.6 is 0 Å². The molecule has 3 fully saturated rings. The molecule has 2 bridgehead atoms. The monoisotopic (exact) mass is 249 g/mol. The highest BCUT2D eigenvalue weighted by Gasteiger charge is 2.58. The number of hydrogen-bond donors (Lipinski definition) is 0. The lowest BCUT2D eigenvalue weighted by Gasteiger charge is -2.38. The molecule has 96 valence electrons. The van der Waals surface area contributed by atoms with Crippen molar-refractivity contribution in [1.29, 1.82) is 0 Å². The first-order chi connectivity index (χ1) is 8.73. The van der Waals surface area contributed by atoms with Crippen LogP contribution in [0.25, 0.3) is 0 Å². The second-order valence-corrected chi connectivity index (χ2v) is 5.28. The van der Waals surface area contributed by atoms with Crippen LogP contribution in [0.1, 0.15) is 18.4 Å². The molecule has 3 nitrogen and oxygen atoms in total. The highest BCUT2D eigenvalue weighted by atomic mass is 19.1. The van der Waals surface area contributed by atoms with Gasteiger partial charge in [0.25, 0.3) is 0 Å². The van der Waals surface area contributed by atoms with Gasteiger partial charge < -0.3 is 4.74 Å². The molecule has 2 saturated heterocycles. The SMILES string of the molecule is O=C(OCc1ccccc1)N1CC2CC1(CF)C2. The van der Waals surface area contributed by atoms with Crippen molar-refractivity contribution in [3.8, 4) is 0 Å². The minimum Gasteiger partial charge on any atom is -0.445 e. The summed E-state index contributed by atoms with van der Waals surface area (Å²) in [5.41, 5.74) is 0.407. The maximum absolute atomic E-state index is 13.0. The molecule has 1 aromatic rings. The van der Waals surface area contributed by atoms with Crippen molar-refractivity contribution in [3.63, 3.8) is 0 Å². The van der Waals surface area contributed by atoms with Gasteiger partial charge in [-0.3, -0.25) is 4.90 Å². The lowest BCUT2D eigenvalue weighted by atomic mass is 9.74. The number of fused-ring (bicyclic) bond motifs is 1. The maximum atomic E-state index is 13.0. The molecule has 0 atom stereocenters. The number of benzene rings is 1. The zero-order valence-electron chi connectivity index (χ0n) is 10.1. The van der Waals surface area contributed by atoms with E-state index in [0.717, 1.165) is 18.4 Å². The predicted octanol–water partition coefficient (Wildman–Crippen LogP) is 2.76. The third-order valence-corrected chi connectivity index (χ3v) is 4.02. The van der Waals surface area contributed by atoms with E-state index in [0.29, 0.717) is 12.5 Å². The number of ether oxygens (including phenoxy) is 1. The summed E-state index contributed by atoms with van der Waals surface area (Å²) in [6.07, 6.45) is 1.21. The molecule has 0 radical (unpaired) electrons. The van der Waals surface area contributed by atoms with E-state index in [1.54, 1.807) is 4.90 Å². The van der Waals surface area contributed by atoms with Gasteiger partial charge in [0.05, 0.1) is 5.54 Å². The van der Waals surface area contributed by atoms with Crippen LogP contribution in [-0.2, 0) is 11.3 Å². The smallest absolute Gasteiger partial charge is 0.410 e. The summed E-state index contributed by atoms with van der Waals surface area (Å²) in [5.74, 6) is 0.477. The molecule has 2 heterocycles. The topological polar surface area (TPSA) is 29.5 Å². The van der Waals surface area contributed by atoms with Gasteiger partial charge >= 0.3 is 6.09 Å². The van der Waals surface area contributed by atoms with Crippen LogP contribution in [0, 0.1) is 5.92 Å². The summed E-state index contributed by atoms with van der Waals surface area (Å²) in [4.78, 5) is 13.5. The number of amides is 1. The summed E-state index contributed by atoms with van der Waals surface area (Å²) < 4.78 is 18.3. The Hall–Kier alpha value is -1.58. The molecule has 0 spiro atoms. The Morgan fingerprint density at radius 2 is 2.11 bits per heavy atom. The van der Waals surface area contributed by atoms with E-state index in [-0.39, 0.29) is 12.7 Å². The maximum Gasteiger partial charge on any atom is 0.410 e. The second kappa shape index (κ2) is 4.26. The highest BCUT2D eigenvalue weighted by molar-refractivity contribution is 5.70. The first-order valence-electron chi connectivity index (χ1n) is 6.28. The van der Waals surface area contributed by atoms with Crippen LogP contribution in [-0.4, -0.2) is 29.8 Å². The van der Waals surface area contributed by atoms with Crippen LogP contribution in [0.3, 0.4) is 0 Å². The van der Waals surface area contributed by atoms with Gasteiger partial charge in [0.15, 0.2) is 0 Å². The summed E-state index contributed by atoms with van der Waals surface area (Å²) in [5, 5.41) is 0. The summed E-state index contributed by atoms with van der Waals surface area (Å²) in [7, 11) is 0. The molecular weight excluding hydrogens is 233 g/mol. The molecule has 1 aromatic carbocycles. The minimum absolute atomic E-state index is 0.253. The van der Waals surface area contributed by atoms with E-state index in [1.165, 1.54) is 0 Å². The Morgan fingerprint density at radius 3 is 2.78 bits per heavy atom. The number of halogens is 1. The fourth-order valence-electron chi connectivity index (χ4n) is 3.06. The first kappa shape index (κ1) is 11.5. The Balaban J connectivity index is 1.59. The predicted molar refractivity (Wildman–Crippen MR) is 64.8 cm³/mol.